The second-order valence-corrected chi connectivity index (χ2v) is 6.84. The second kappa shape index (κ2) is 6.34. The lowest BCUT2D eigenvalue weighted by molar-refractivity contribution is -0.149. The predicted octanol–water partition coefficient (Wildman–Crippen LogP) is 1.96. The Morgan fingerprint density at radius 2 is 1.62 bits per heavy atom. The Labute approximate surface area is 127 Å². The standard InChI is InChI=1S/C16H28N2O3/c1-10-5-6-11(2)18(10)13(4)15(19)17-8-7-14(16(20)21)9-12(17)3/h10-14H,5-9H2,1-4H3,(H,20,21). The molecule has 21 heavy (non-hydrogen) atoms. The van der Waals surface area contributed by atoms with Gasteiger partial charge in [0.1, 0.15) is 0 Å². The highest BCUT2D eigenvalue weighted by Crippen LogP contribution is 2.29. The molecule has 0 saturated carbocycles. The summed E-state index contributed by atoms with van der Waals surface area (Å²) in [5.74, 6) is -0.875. The first-order valence-corrected chi connectivity index (χ1v) is 8.13. The predicted molar refractivity (Wildman–Crippen MR) is 81.0 cm³/mol. The van der Waals surface area contributed by atoms with Crippen LogP contribution in [0.1, 0.15) is 53.4 Å². The molecule has 0 aromatic heterocycles. The molecule has 0 spiro atoms. The van der Waals surface area contributed by atoms with E-state index in [0.717, 1.165) is 12.8 Å². The van der Waals surface area contributed by atoms with E-state index in [1.165, 1.54) is 0 Å². The van der Waals surface area contributed by atoms with Crippen LogP contribution in [0.3, 0.4) is 0 Å². The number of likely N-dealkylation sites (tertiary alicyclic amines) is 2. The van der Waals surface area contributed by atoms with E-state index >= 15 is 0 Å². The summed E-state index contributed by atoms with van der Waals surface area (Å²) in [5, 5.41) is 9.12. The zero-order valence-corrected chi connectivity index (χ0v) is 13.6. The molecule has 2 aliphatic rings. The van der Waals surface area contributed by atoms with Crippen molar-refractivity contribution in [1.82, 2.24) is 9.80 Å². The first kappa shape index (κ1) is 16.3. The molecule has 0 aromatic rings. The maximum atomic E-state index is 12.8. The highest BCUT2D eigenvalue weighted by atomic mass is 16.4. The Morgan fingerprint density at radius 3 is 2.10 bits per heavy atom. The van der Waals surface area contributed by atoms with E-state index in [-0.39, 0.29) is 23.9 Å². The Morgan fingerprint density at radius 1 is 1.05 bits per heavy atom. The fraction of sp³-hybridized carbons (Fsp3) is 0.875. The van der Waals surface area contributed by atoms with E-state index in [1.807, 2.05) is 18.7 Å². The molecule has 5 heteroatoms. The van der Waals surface area contributed by atoms with E-state index in [1.54, 1.807) is 0 Å². The van der Waals surface area contributed by atoms with Crippen molar-refractivity contribution in [1.29, 1.82) is 0 Å². The van der Waals surface area contributed by atoms with Gasteiger partial charge in [-0.05, 0) is 53.4 Å². The van der Waals surface area contributed by atoms with Gasteiger partial charge in [0.2, 0.25) is 5.91 Å². The highest BCUT2D eigenvalue weighted by Gasteiger charge is 2.39. The van der Waals surface area contributed by atoms with Crippen LogP contribution < -0.4 is 0 Å². The van der Waals surface area contributed by atoms with Gasteiger partial charge in [0.05, 0.1) is 12.0 Å². The smallest absolute Gasteiger partial charge is 0.306 e. The molecular formula is C16H28N2O3. The number of carbonyl (C=O) groups excluding carboxylic acids is 1. The molecule has 2 saturated heterocycles. The Balaban J connectivity index is 2.01. The molecule has 0 radical (unpaired) electrons. The van der Waals surface area contributed by atoms with E-state index in [4.69, 9.17) is 5.11 Å². The van der Waals surface area contributed by atoms with Crippen molar-refractivity contribution in [3.63, 3.8) is 0 Å². The monoisotopic (exact) mass is 296 g/mol. The molecule has 2 heterocycles. The molecule has 5 nitrogen and oxygen atoms in total. The van der Waals surface area contributed by atoms with Crippen molar-refractivity contribution in [3.05, 3.63) is 0 Å². The number of rotatable bonds is 3. The summed E-state index contributed by atoms with van der Waals surface area (Å²) in [7, 11) is 0. The fourth-order valence-electron chi connectivity index (χ4n) is 4.07. The summed E-state index contributed by atoms with van der Waals surface area (Å²) in [6.07, 6.45) is 3.44. The summed E-state index contributed by atoms with van der Waals surface area (Å²) < 4.78 is 0. The minimum Gasteiger partial charge on any atom is -0.481 e. The molecule has 0 aliphatic carbocycles. The largest absolute Gasteiger partial charge is 0.481 e. The molecule has 2 aliphatic heterocycles. The van der Waals surface area contributed by atoms with Crippen LogP contribution >= 0.6 is 0 Å². The Bertz CT molecular complexity index is 402. The summed E-state index contributed by atoms with van der Waals surface area (Å²) in [6.45, 7) is 8.91. The minimum atomic E-state index is -0.733. The van der Waals surface area contributed by atoms with Crippen molar-refractivity contribution < 1.29 is 14.7 Å². The van der Waals surface area contributed by atoms with Crippen LogP contribution in [0.4, 0.5) is 0 Å². The maximum Gasteiger partial charge on any atom is 0.306 e. The van der Waals surface area contributed by atoms with Crippen LogP contribution in [0.5, 0.6) is 0 Å². The number of hydrogen-bond acceptors (Lipinski definition) is 3. The minimum absolute atomic E-state index is 0.0167. The van der Waals surface area contributed by atoms with Crippen molar-refractivity contribution in [2.75, 3.05) is 6.54 Å². The number of amides is 1. The number of piperidine rings is 1. The molecule has 0 aromatic carbocycles. The molecular weight excluding hydrogens is 268 g/mol. The van der Waals surface area contributed by atoms with Crippen molar-refractivity contribution in [2.45, 2.75) is 77.5 Å². The van der Waals surface area contributed by atoms with Crippen LogP contribution in [-0.2, 0) is 9.59 Å². The quantitative estimate of drug-likeness (QED) is 0.865. The highest BCUT2D eigenvalue weighted by molar-refractivity contribution is 5.82. The molecule has 5 atom stereocenters. The van der Waals surface area contributed by atoms with E-state index in [9.17, 15) is 9.59 Å². The van der Waals surface area contributed by atoms with E-state index in [0.29, 0.717) is 31.5 Å². The van der Waals surface area contributed by atoms with Gasteiger partial charge >= 0.3 is 5.97 Å². The van der Waals surface area contributed by atoms with Crippen molar-refractivity contribution >= 4 is 11.9 Å². The lowest BCUT2D eigenvalue weighted by Crippen LogP contribution is -2.55. The molecule has 0 bridgehead atoms. The SMILES string of the molecule is CC1CC(C(=O)O)CCN1C(=O)C(C)N1C(C)CCC1C. The zero-order valence-electron chi connectivity index (χ0n) is 13.6. The first-order valence-electron chi connectivity index (χ1n) is 8.13. The number of hydrogen-bond donors (Lipinski definition) is 1. The number of nitrogens with zero attached hydrogens (tertiary/aromatic N) is 2. The van der Waals surface area contributed by atoms with Crippen molar-refractivity contribution in [2.24, 2.45) is 5.92 Å². The number of carboxylic acid groups (broad SMARTS) is 1. The average Bonchev–Trinajstić information content (AvgIpc) is 2.76. The third kappa shape index (κ3) is 3.23. The third-order valence-corrected chi connectivity index (χ3v) is 5.33. The Hall–Kier alpha value is -1.10. The second-order valence-electron chi connectivity index (χ2n) is 6.84. The molecule has 2 rings (SSSR count). The summed E-state index contributed by atoms with van der Waals surface area (Å²) in [4.78, 5) is 28.1. The van der Waals surface area contributed by atoms with Gasteiger partial charge in [-0.1, -0.05) is 0 Å². The summed E-state index contributed by atoms with van der Waals surface area (Å²) in [5.41, 5.74) is 0. The third-order valence-electron chi connectivity index (χ3n) is 5.33. The number of carbonyl (C=O) groups is 2. The van der Waals surface area contributed by atoms with Gasteiger partial charge in [-0.3, -0.25) is 14.5 Å². The van der Waals surface area contributed by atoms with Gasteiger partial charge in [-0.2, -0.15) is 0 Å². The van der Waals surface area contributed by atoms with Crippen molar-refractivity contribution in [3.8, 4) is 0 Å². The fourth-order valence-corrected chi connectivity index (χ4v) is 4.07. The lowest BCUT2D eigenvalue weighted by Gasteiger charge is -2.41. The van der Waals surface area contributed by atoms with Crippen LogP contribution in [0.25, 0.3) is 0 Å². The summed E-state index contributed by atoms with van der Waals surface area (Å²) in [6, 6.07) is 0.806. The van der Waals surface area contributed by atoms with Gasteiger partial charge < -0.3 is 10.0 Å². The molecule has 5 unspecified atom stereocenters. The molecule has 2 fully saturated rings. The van der Waals surface area contributed by atoms with Gasteiger partial charge in [0.15, 0.2) is 0 Å². The van der Waals surface area contributed by atoms with Gasteiger partial charge in [-0.25, -0.2) is 0 Å². The molecule has 120 valence electrons. The molecule has 1 amide bonds. The first-order chi connectivity index (χ1) is 9.82. The van der Waals surface area contributed by atoms with Crippen LogP contribution in [0, 0.1) is 5.92 Å². The van der Waals surface area contributed by atoms with Crippen LogP contribution in [0.15, 0.2) is 0 Å². The normalized spacial score (nSPS) is 35.7. The van der Waals surface area contributed by atoms with E-state index in [2.05, 4.69) is 18.7 Å². The summed E-state index contributed by atoms with van der Waals surface area (Å²) >= 11 is 0. The number of carboxylic acids is 1. The topological polar surface area (TPSA) is 60.9 Å². The number of aliphatic carboxylic acids is 1. The van der Waals surface area contributed by atoms with Crippen LogP contribution in [0.2, 0.25) is 0 Å². The van der Waals surface area contributed by atoms with Gasteiger partial charge in [-0.15, -0.1) is 0 Å². The average molecular weight is 296 g/mol. The lowest BCUT2D eigenvalue weighted by atomic mass is 9.91. The Kier molecular flexibility index (Phi) is 4.91. The van der Waals surface area contributed by atoms with Crippen LogP contribution in [-0.4, -0.2) is 57.5 Å². The van der Waals surface area contributed by atoms with Gasteiger partial charge in [0, 0.05) is 24.7 Å². The molecule has 1 N–H and O–H groups in total. The zero-order chi connectivity index (χ0) is 15.7. The van der Waals surface area contributed by atoms with Gasteiger partial charge in [0.25, 0.3) is 0 Å². The maximum absolute atomic E-state index is 12.8. The van der Waals surface area contributed by atoms with E-state index < -0.39 is 5.97 Å².